The summed E-state index contributed by atoms with van der Waals surface area (Å²) in [6, 6.07) is 7.53. The minimum atomic E-state index is -3.34. The van der Waals surface area contributed by atoms with E-state index in [-0.39, 0.29) is 17.9 Å². The lowest BCUT2D eigenvalue weighted by Crippen LogP contribution is -2.21. The summed E-state index contributed by atoms with van der Waals surface area (Å²) in [5.74, 6) is -1.08. The van der Waals surface area contributed by atoms with E-state index in [9.17, 15) is 13.2 Å². The smallest absolute Gasteiger partial charge is 0.303 e. The summed E-state index contributed by atoms with van der Waals surface area (Å²) in [7, 11) is -3.34. The molecule has 2 aromatic rings. The van der Waals surface area contributed by atoms with Crippen LogP contribution in [0.2, 0.25) is 0 Å². The van der Waals surface area contributed by atoms with Gasteiger partial charge in [-0.1, -0.05) is 12.1 Å². The molecule has 1 heterocycles. The molecule has 0 saturated heterocycles. The Bertz CT molecular complexity index is 757. The average Bonchev–Trinajstić information content (AvgIpc) is 2.97. The summed E-state index contributed by atoms with van der Waals surface area (Å²) in [5, 5.41) is 9.44. The zero-order valence-electron chi connectivity index (χ0n) is 11.3. The van der Waals surface area contributed by atoms with Crippen LogP contribution in [0.15, 0.2) is 24.3 Å². The Morgan fingerprint density at radius 1 is 1.33 bits per heavy atom. The van der Waals surface area contributed by atoms with Crippen molar-refractivity contribution in [2.45, 2.75) is 25.0 Å². The number of carboxylic acid groups (broad SMARTS) is 1. The molecular formula is C14H15NO4S2. The van der Waals surface area contributed by atoms with Crippen LogP contribution in [0.4, 0.5) is 0 Å². The van der Waals surface area contributed by atoms with Crippen LogP contribution in [0.3, 0.4) is 0 Å². The van der Waals surface area contributed by atoms with Crippen molar-refractivity contribution in [1.82, 2.24) is 4.98 Å². The highest BCUT2D eigenvalue weighted by Crippen LogP contribution is 2.50. The molecule has 0 unspecified atom stereocenters. The summed E-state index contributed by atoms with van der Waals surface area (Å²) in [4.78, 5) is 15.1. The molecule has 1 aromatic carbocycles. The molecule has 1 fully saturated rings. The van der Waals surface area contributed by atoms with Crippen molar-refractivity contribution < 1.29 is 18.3 Å². The second-order valence-electron chi connectivity index (χ2n) is 5.68. The number of hydrogen-bond donors (Lipinski definition) is 1. The van der Waals surface area contributed by atoms with E-state index >= 15 is 0 Å². The number of aliphatic carboxylic acids is 1. The first kappa shape index (κ1) is 14.5. The molecular weight excluding hydrogens is 310 g/mol. The van der Waals surface area contributed by atoms with E-state index in [1.54, 1.807) is 0 Å². The van der Waals surface area contributed by atoms with E-state index in [4.69, 9.17) is 5.11 Å². The first-order valence-corrected chi connectivity index (χ1v) is 9.28. The van der Waals surface area contributed by atoms with Crippen molar-refractivity contribution in [3.8, 4) is 0 Å². The maximum absolute atomic E-state index is 12.3. The summed E-state index contributed by atoms with van der Waals surface area (Å²) < 4.78 is 25.5. The van der Waals surface area contributed by atoms with Crippen molar-refractivity contribution in [2.75, 3.05) is 5.75 Å². The Kier molecular flexibility index (Phi) is 3.49. The predicted octanol–water partition coefficient (Wildman–Crippen LogP) is 2.47. The molecule has 1 aromatic heterocycles. The van der Waals surface area contributed by atoms with Crippen LogP contribution in [0.25, 0.3) is 10.2 Å². The van der Waals surface area contributed by atoms with E-state index in [0.717, 1.165) is 10.2 Å². The van der Waals surface area contributed by atoms with Crippen LogP contribution in [0.1, 0.15) is 24.3 Å². The number of nitrogens with zero attached hydrogens (tertiary/aromatic N) is 1. The van der Waals surface area contributed by atoms with Crippen LogP contribution in [0.5, 0.6) is 0 Å². The lowest BCUT2D eigenvalue weighted by atomic mass is 10.1. The molecule has 0 radical (unpaired) electrons. The van der Waals surface area contributed by atoms with E-state index in [1.807, 2.05) is 24.3 Å². The lowest BCUT2D eigenvalue weighted by Gasteiger charge is -2.11. The standard InChI is InChI=1S/C14H15NO4S2/c16-13(17)7-14(5-6-14)9-21(18,19)8-12-15-10-3-1-2-4-11(10)20-12/h1-4H,5-9H2,(H,16,17). The van der Waals surface area contributed by atoms with Gasteiger partial charge in [0.1, 0.15) is 10.8 Å². The van der Waals surface area contributed by atoms with Gasteiger partial charge in [0.2, 0.25) is 0 Å². The molecule has 0 aliphatic heterocycles. The van der Waals surface area contributed by atoms with Crippen molar-refractivity contribution in [3.63, 3.8) is 0 Å². The Hall–Kier alpha value is -1.47. The molecule has 112 valence electrons. The second kappa shape index (κ2) is 5.06. The van der Waals surface area contributed by atoms with Gasteiger partial charge in [0.05, 0.1) is 22.4 Å². The Morgan fingerprint density at radius 2 is 2.05 bits per heavy atom. The number of carbonyl (C=O) groups is 1. The van der Waals surface area contributed by atoms with Gasteiger partial charge in [0.25, 0.3) is 0 Å². The van der Waals surface area contributed by atoms with Gasteiger partial charge in [0.15, 0.2) is 9.84 Å². The van der Waals surface area contributed by atoms with Crippen LogP contribution >= 0.6 is 11.3 Å². The fourth-order valence-corrected chi connectivity index (χ4v) is 5.96. The highest BCUT2D eigenvalue weighted by Gasteiger charge is 2.47. The molecule has 0 bridgehead atoms. The Labute approximate surface area is 126 Å². The largest absolute Gasteiger partial charge is 0.481 e. The van der Waals surface area contributed by atoms with Crippen LogP contribution in [0, 0.1) is 5.41 Å². The minimum Gasteiger partial charge on any atom is -0.481 e. The second-order valence-corrected chi connectivity index (χ2v) is 8.86. The normalized spacial score (nSPS) is 17.0. The number of carboxylic acids is 1. The number of fused-ring (bicyclic) bond motifs is 1. The maximum Gasteiger partial charge on any atom is 0.303 e. The Balaban J connectivity index is 1.75. The zero-order chi connectivity index (χ0) is 15.1. The molecule has 3 rings (SSSR count). The van der Waals surface area contributed by atoms with E-state index in [0.29, 0.717) is 17.8 Å². The van der Waals surface area contributed by atoms with Crippen molar-refractivity contribution in [1.29, 1.82) is 0 Å². The van der Waals surface area contributed by atoms with Gasteiger partial charge in [-0.3, -0.25) is 4.79 Å². The monoisotopic (exact) mass is 325 g/mol. The van der Waals surface area contributed by atoms with Gasteiger partial charge in [0, 0.05) is 0 Å². The molecule has 5 nitrogen and oxygen atoms in total. The summed E-state index contributed by atoms with van der Waals surface area (Å²) in [6.07, 6.45) is 1.29. The number of aromatic nitrogens is 1. The zero-order valence-corrected chi connectivity index (χ0v) is 12.9. The predicted molar refractivity (Wildman–Crippen MR) is 81.0 cm³/mol. The van der Waals surface area contributed by atoms with Crippen LogP contribution in [-0.4, -0.2) is 30.2 Å². The molecule has 21 heavy (non-hydrogen) atoms. The van der Waals surface area contributed by atoms with Gasteiger partial charge < -0.3 is 5.11 Å². The van der Waals surface area contributed by atoms with Crippen molar-refractivity contribution in [3.05, 3.63) is 29.3 Å². The van der Waals surface area contributed by atoms with E-state index in [2.05, 4.69) is 4.98 Å². The fraction of sp³-hybridized carbons (Fsp3) is 0.429. The molecule has 7 heteroatoms. The van der Waals surface area contributed by atoms with Gasteiger partial charge in [-0.25, -0.2) is 13.4 Å². The van der Waals surface area contributed by atoms with Gasteiger partial charge >= 0.3 is 5.97 Å². The number of sulfone groups is 1. The summed E-state index contributed by atoms with van der Waals surface area (Å²) in [5.41, 5.74) is 0.265. The highest BCUT2D eigenvalue weighted by molar-refractivity contribution is 7.90. The fourth-order valence-electron chi connectivity index (χ4n) is 2.56. The first-order chi connectivity index (χ1) is 9.88. The molecule has 0 spiro atoms. The van der Waals surface area contributed by atoms with Crippen LogP contribution in [-0.2, 0) is 20.4 Å². The van der Waals surface area contributed by atoms with E-state index in [1.165, 1.54) is 11.3 Å². The molecule has 0 atom stereocenters. The van der Waals surface area contributed by atoms with Gasteiger partial charge in [-0.15, -0.1) is 11.3 Å². The molecule has 1 aliphatic rings. The van der Waals surface area contributed by atoms with E-state index < -0.39 is 21.2 Å². The lowest BCUT2D eigenvalue weighted by molar-refractivity contribution is -0.138. The van der Waals surface area contributed by atoms with Gasteiger partial charge in [-0.05, 0) is 30.4 Å². The quantitative estimate of drug-likeness (QED) is 0.882. The van der Waals surface area contributed by atoms with Gasteiger partial charge in [-0.2, -0.15) is 0 Å². The third-order valence-corrected chi connectivity index (χ3v) is 6.68. The molecule has 1 aliphatic carbocycles. The number of hydrogen-bond acceptors (Lipinski definition) is 5. The van der Waals surface area contributed by atoms with Crippen molar-refractivity contribution >= 4 is 37.4 Å². The van der Waals surface area contributed by atoms with Crippen LogP contribution < -0.4 is 0 Å². The average molecular weight is 325 g/mol. The summed E-state index contributed by atoms with van der Waals surface area (Å²) >= 11 is 1.38. The topological polar surface area (TPSA) is 84.3 Å². The number of benzene rings is 1. The third kappa shape index (κ3) is 3.41. The third-order valence-electron chi connectivity index (χ3n) is 3.69. The Morgan fingerprint density at radius 3 is 2.67 bits per heavy atom. The molecule has 0 amide bonds. The number of thiazole rings is 1. The van der Waals surface area contributed by atoms with Crippen molar-refractivity contribution in [2.24, 2.45) is 5.41 Å². The minimum absolute atomic E-state index is 0.0533. The molecule has 1 saturated carbocycles. The highest BCUT2D eigenvalue weighted by atomic mass is 32.2. The first-order valence-electron chi connectivity index (χ1n) is 6.64. The molecule has 1 N–H and O–H groups in total. The number of para-hydroxylation sites is 1. The SMILES string of the molecule is O=C(O)CC1(CS(=O)(=O)Cc2nc3ccccc3s2)CC1. The maximum atomic E-state index is 12.3. The number of rotatable bonds is 6. The summed E-state index contributed by atoms with van der Waals surface area (Å²) in [6.45, 7) is 0.